The summed E-state index contributed by atoms with van der Waals surface area (Å²) in [6.45, 7) is 6.84. The van der Waals surface area contributed by atoms with Gasteiger partial charge in [0.2, 0.25) is 0 Å². The molecule has 1 aliphatic rings. The van der Waals surface area contributed by atoms with Crippen molar-refractivity contribution in [2.24, 2.45) is 0 Å². The van der Waals surface area contributed by atoms with E-state index in [1.54, 1.807) is 0 Å². The summed E-state index contributed by atoms with van der Waals surface area (Å²) in [5.41, 5.74) is 0. The number of hydrogen-bond donors (Lipinski definition) is 2. The number of nitrogens with one attached hydrogen (secondary N) is 1. The Hall–Kier alpha value is -0.610. The zero-order valence-electron chi connectivity index (χ0n) is 6.42. The lowest BCUT2D eigenvalue weighted by atomic mass is 10.2. The number of rotatable bonds is 2. The van der Waals surface area contributed by atoms with Crippen molar-refractivity contribution in [3.63, 3.8) is 0 Å². The van der Waals surface area contributed by atoms with Crippen molar-refractivity contribution >= 4 is 5.97 Å². The molecule has 4 heteroatoms. The molecule has 0 spiro atoms. The molecule has 0 unspecified atom stereocenters. The molecule has 2 N–H and O–H groups in total. The first-order valence-corrected chi connectivity index (χ1v) is 3.72. The van der Waals surface area contributed by atoms with Gasteiger partial charge < -0.3 is 10.4 Å². The van der Waals surface area contributed by atoms with Gasteiger partial charge in [-0.15, -0.1) is 0 Å². The molecule has 0 aromatic rings. The summed E-state index contributed by atoms with van der Waals surface area (Å²) in [6, 6.07) is -0.586. The number of carboxylic acid groups (broad SMARTS) is 1. The van der Waals surface area contributed by atoms with Gasteiger partial charge in [0.1, 0.15) is 6.04 Å². The van der Waals surface area contributed by atoms with Crippen molar-refractivity contribution in [3.05, 3.63) is 6.92 Å². The Morgan fingerprint density at radius 1 is 1.55 bits per heavy atom. The summed E-state index contributed by atoms with van der Waals surface area (Å²) in [5, 5.41) is 11.8. The maximum absolute atomic E-state index is 10.5. The molecule has 1 fully saturated rings. The molecule has 11 heavy (non-hydrogen) atoms. The van der Waals surface area contributed by atoms with Crippen LogP contribution >= 0.6 is 0 Å². The molecule has 0 aliphatic carbocycles. The third-order valence-corrected chi connectivity index (χ3v) is 1.88. The summed E-state index contributed by atoms with van der Waals surface area (Å²) in [5.74, 6) is -0.841. The Morgan fingerprint density at radius 3 is 2.55 bits per heavy atom. The number of aliphatic carboxylic acids is 1. The monoisotopic (exact) mass is 157 g/mol. The molecular weight excluding hydrogens is 144 g/mol. The first-order chi connectivity index (χ1) is 5.22. The van der Waals surface area contributed by atoms with E-state index in [2.05, 4.69) is 12.2 Å². The summed E-state index contributed by atoms with van der Waals surface area (Å²) < 4.78 is 0. The number of hydrogen-bond acceptors (Lipinski definition) is 3. The van der Waals surface area contributed by atoms with Crippen LogP contribution in [0.25, 0.3) is 0 Å². The summed E-state index contributed by atoms with van der Waals surface area (Å²) in [7, 11) is 0. The summed E-state index contributed by atoms with van der Waals surface area (Å²) in [6.07, 6.45) is 0. The second-order valence-corrected chi connectivity index (χ2v) is 2.64. The number of piperazine rings is 1. The quantitative estimate of drug-likeness (QED) is 0.550. The Bertz CT molecular complexity index is 143. The summed E-state index contributed by atoms with van der Waals surface area (Å²) in [4.78, 5) is 12.3. The Labute approximate surface area is 66.2 Å². The molecule has 1 heterocycles. The van der Waals surface area contributed by atoms with E-state index >= 15 is 0 Å². The second kappa shape index (κ2) is 3.69. The van der Waals surface area contributed by atoms with E-state index in [1.807, 2.05) is 4.90 Å². The van der Waals surface area contributed by atoms with Crippen LogP contribution in [0.4, 0.5) is 0 Å². The number of nitrogens with zero attached hydrogens (tertiary/aromatic N) is 1. The zero-order valence-corrected chi connectivity index (χ0v) is 6.42. The topological polar surface area (TPSA) is 52.6 Å². The molecule has 1 saturated heterocycles. The van der Waals surface area contributed by atoms with Crippen molar-refractivity contribution < 1.29 is 9.90 Å². The highest BCUT2D eigenvalue weighted by Gasteiger charge is 2.21. The van der Waals surface area contributed by atoms with Gasteiger partial charge in [-0.25, -0.2) is 0 Å². The van der Waals surface area contributed by atoms with E-state index in [1.165, 1.54) is 0 Å². The third-order valence-electron chi connectivity index (χ3n) is 1.88. The van der Waals surface area contributed by atoms with E-state index in [0.29, 0.717) is 0 Å². The van der Waals surface area contributed by atoms with Crippen molar-refractivity contribution in [2.75, 3.05) is 26.2 Å². The van der Waals surface area contributed by atoms with E-state index in [4.69, 9.17) is 5.11 Å². The molecule has 0 aromatic carbocycles. The van der Waals surface area contributed by atoms with Gasteiger partial charge >= 0.3 is 5.97 Å². The molecule has 1 rings (SSSR count). The maximum Gasteiger partial charge on any atom is 0.320 e. The van der Waals surface area contributed by atoms with Crippen LogP contribution in [0.3, 0.4) is 0 Å². The van der Waals surface area contributed by atoms with E-state index in [0.717, 1.165) is 26.2 Å². The average molecular weight is 157 g/mol. The second-order valence-electron chi connectivity index (χ2n) is 2.64. The maximum atomic E-state index is 10.5. The molecule has 1 radical (unpaired) electrons. The largest absolute Gasteiger partial charge is 0.480 e. The van der Waals surface area contributed by atoms with E-state index < -0.39 is 12.0 Å². The molecular formula is C7H13N2O2. The van der Waals surface area contributed by atoms with Gasteiger partial charge in [0.15, 0.2) is 0 Å². The van der Waals surface area contributed by atoms with Gasteiger partial charge in [-0.3, -0.25) is 9.69 Å². The van der Waals surface area contributed by atoms with Crippen LogP contribution in [0.5, 0.6) is 0 Å². The normalized spacial score (nSPS) is 23.0. The molecule has 0 bridgehead atoms. The fourth-order valence-electron chi connectivity index (χ4n) is 1.15. The highest BCUT2D eigenvalue weighted by Crippen LogP contribution is 1.99. The lowest BCUT2D eigenvalue weighted by Crippen LogP contribution is -2.50. The van der Waals surface area contributed by atoms with Gasteiger partial charge in [0, 0.05) is 26.2 Å². The molecule has 1 aliphatic heterocycles. The number of carbonyl (C=O) groups is 1. The average Bonchev–Trinajstić information content (AvgIpc) is 2.05. The molecule has 0 amide bonds. The van der Waals surface area contributed by atoms with Gasteiger partial charge in [0.05, 0.1) is 0 Å². The molecule has 63 valence electrons. The Kier molecular flexibility index (Phi) is 2.84. The van der Waals surface area contributed by atoms with Crippen LogP contribution in [0.15, 0.2) is 0 Å². The first-order valence-electron chi connectivity index (χ1n) is 3.72. The predicted octanol–water partition coefficient (Wildman–Crippen LogP) is -0.821. The molecule has 1 atom stereocenters. The number of carboxylic acids is 1. The smallest absolute Gasteiger partial charge is 0.320 e. The van der Waals surface area contributed by atoms with E-state index in [9.17, 15) is 4.79 Å². The minimum atomic E-state index is -0.841. The SMILES string of the molecule is [CH2][C@H](C(=O)O)N1CCNCC1. The third kappa shape index (κ3) is 2.17. The Morgan fingerprint density at radius 2 is 2.09 bits per heavy atom. The van der Waals surface area contributed by atoms with Crippen LogP contribution in [0.2, 0.25) is 0 Å². The molecule has 0 aromatic heterocycles. The fourth-order valence-corrected chi connectivity index (χ4v) is 1.15. The van der Waals surface area contributed by atoms with Crippen molar-refractivity contribution in [2.45, 2.75) is 6.04 Å². The highest BCUT2D eigenvalue weighted by molar-refractivity contribution is 5.74. The standard InChI is InChI=1S/C7H13N2O2/c1-6(7(10)11)9-4-2-8-3-5-9/h6,8H,1-5H2,(H,10,11)/t6-/m1/s1. The lowest BCUT2D eigenvalue weighted by Gasteiger charge is -2.30. The first kappa shape index (κ1) is 8.49. The van der Waals surface area contributed by atoms with Crippen LogP contribution < -0.4 is 5.32 Å². The lowest BCUT2D eigenvalue weighted by molar-refractivity contribution is -0.141. The van der Waals surface area contributed by atoms with Crippen molar-refractivity contribution in [1.82, 2.24) is 10.2 Å². The minimum Gasteiger partial charge on any atom is -0.480 e. The van der Waals surface area contributed by atoms with Crippen LogP contribution in [0.1, 0.15) is 0 Å². The molecule has 0 saturated carbocycles. The zero-order chi connectivity index (χ0) is 8.27. The Balaban J connectivity index is 2.38. The molecule has 4 nitrogen and oxygen atoms in total. The van der Waals surface area contributed by atoms with Crippen LogP contribution in [-0.2, 0) is 4.79 Å². The van der Waals surface area contributed by atoms with E-state index in [-0.39, 0.29) is 0 Å². The van der Waals surface area contributed by atoms with Gasteiger partial charge in [-0.2, -0.15) is 0 Å². The predicted molar refractivity (Wildman–Crippen MR) is 41.2 cm³/mol. The van der Waals surface area contributed by atoms with Gasteiger partial charge in [-0.05, 0) is 6.92 Å². The van der Waals surface area contributed by atoms with Crippen molar-refractivity contribution in [1.29, 1.82) is 0 Å². The summed E-state index contributed by atoms with van der Waals surface area (Å²) >= 11 is 0. The minimum absolute atomic E-state index is 0.586. The highest BCUT2D eigenvalue weighted by atomic mass is 16.4. The van der Waals surface area contributed by atoms with Crippen molar-refractivity contribution in [3.8, 4) is 0 Å². The fraction of sp³-hybridized carbons (Fsp3) is 0.714. The van der Waals surface area contributed by atoms with Crippen LogP contribution in [0, 0.1) is 6.92 Å². The van der Waals surface area contributed by atoms with Gasteiger partial charge in [-0.1, -0.05) is 0 Å². The van der Waals surface area contributed by atoms with Gasteiger partial charge in [0.25, 0.3) is 0 Å². The van der Waals surface area contributed by atoms with Crippen LogP contribution in [-0.4, -0.2) is 48.2 Å².